The molecular weight excluding hydrogens is 322 g/mol. The SMILES string of the molecule is C=CC(C)(CC)COC(=O)CSc1nccc(-c2ccccn2)n1. The summed E-state index contributed by atoms with van der Waals surface area (Å²) in [5.41, 5.74) is 1.32. The third kappa shape index (κ3) is 5.16. The van der Waals surface area contributed by atoms with Gasteiger partial charge in [0.2, 0.25) is 0 Å². The summed E-state index contributed by atoms with van der Waals surface area (Å²) in [5.74, 6) is -0.115. The van der Waals surface area contributed by atoms with Crippen LogP contribution in [0.25, 0.3) is 11.4 Å². The molecule has 5 nitrogen and oxygen atoms in total. The normalized spacial score (nSPS) is 13.1. The Morgan fingerprint density at radius 3 is 2.79 bits per heavy atom. The van der Waals surface area contributed by atoms with Crippen molar-refractivity contribution in [1.82, 2.24) is 15.0 Å². The van der Waals surface area contributed by atoms with Gasteiger partial charge in [0.1, 0.15) is 6.61 Å². The molecule has 0 aromatic carbocycles. The minimum absolute atomic E-state index is 0.169. The zero-order valence-corrected chi connectivity index (χ0v) is 14.8. The number of aromatic nitrogens is 3. The fraction of sp³-hybridized carbons (Fsp3) is 0.333. The van der Waals surface area contributed by atoms with Crippen LogP contribution < -0.4 is 0 Å². The Kier molecular flexibility index (Phi) is 6.49. The van der Waals surface area contributed by atoms with Crippen molar-refractivity contribution < 1.29 is 9.53 Å². The van der Waals surface area contributed by atoms with Crippen LogP contribution in [0.15, 0.2) is 54.5 Å². The van der Waals surface area contributed by atoms with E-state index >= 15 is 0 Å². The Hall–Kier alpha value is -2.21. The number of hydrogen-bond acceptors (Lipinski definition) is 6. The van der Waals surface area contributed by atoms with Crippen molar-refractivity contribution in [3.63, 3.8) is 0 Å². The van der Waals surface area contributed by atoms with Gasteiger partial charge in [-0.15, -0.1) is 6.58 Å². The monoisotopic (exact) mass is 343 g/mol. The molecule has 0 aliphatic rings. The van der Waals surface area contributed by atoms with Crippen LogP contribution in [0.3, 0.4) is 0 Å². The van der Waals surface area contributed by atoms with Crippen molar-refractivity contribution in [2.75, 3.05) is 12.4 Å². The van der Waals surface area contributed by atoms with Gasteiger partial charge in [-0.25, -0.2) is 9.97 Å². The number of thioether (sulfide) groups is 1. The summed E-state index contributed by atoms with van der Waals surface area (Å²) in [4.78, 5) is 24.8. The largest absolute Gasteiger partial charge is 0.464 e. The Labute approximate surface area is 146 Å². The number of pyridine rings is 1. The maximum Gasteiger partial charge on any atom is 0.316 e. The summed E-state index contributed by atoms with van der Waals surface area (Å²) in [6, 6.07) is 7.43. The fourth-order valence-electron chi connectivity index (χ4n) is 1.78. The lowest BCUT2D eigenvalue weighted by Gasteiger charge is -2.23. The molecule has 0 bridgehead atoms. The van der Waals surface area contributed by atoms with Crippen LogP contribution in [0, 0.1) is 5.41 Å². The first-order chi connectivity index (χ1) is 11.6. The molecule has 2 aromatic heterocycles. The molecule has 2 aromatic rings. The molecule has 1 unspecified atom stereocenters. The highest BCUT2D eigenvalue weighted by molar-refractivity contribution is 7.99. The van der Waals surface area contributed by atoms with Crippen LogP contribution in [-0.4, -0.2) is 33.3 Å². The molecule has 0 saturated heterocycles. The molecule has 0 saturated carbocycles. The molecule has 1 atom stereocenters. The standard InChI is InChI=1S/C18H21N3O2S/c1-4-18(3,5-2)13-23-16(22)12-24-17-20-11-9-15(21-17)14-8-6-7-10-19-14/h4,6-11H,1,5,12-13H2,2-3H3. The first-order valence-corrected chi connectivity index (χ1v) is 8.71. The number of carbonyl (C=O) groups is 1. The second-order valence-corrected chi connectivity index (χ2v) is 6.54. The van der Waals surface area contributed by atoms with E-state index in [9.17, 15) is 4.79 Å². The number of carbonyl (C=O) groups excluding carboxylic acids is 1. The number of hydrogen-bond donors (Lipinski definition) is 0. The summed E-state index contributed by atoms with van der Waals surface area (Å²) < 4.78 is 5.33. The van der Waals surface area contributed by atoms with Crippen LogP contribution >= 0.6 is 11.8 Å². The van der Waals surface area contributed by atoms with E-state index in [1.807, 2.05) is 38.1 Å². The molecule has 0 fully saturated rings. The zero-order valence-electron chi connectivity index (χ0n) is 13.9. The average Bonchev–Trinajstić information content (AvgIpc) is 2.65. The van der Waals surface area contributed by atoms with E-state index in [4.69, 9.17) is 4.74 Å². The third-order valence-corrected chi connectivity index (χ3v) is 4.58. The molecule has 0 amide bonds. The molecule has 126 valence electrons. The Balaban J connectivity index is 1.90. The van der Waals surface area contributed by atoms with E-state index in [0.29, 0.717) is 11.8 Å². The lowest BCUT2D eigenvalue weighted by atomic mass is 9.89. The molecule has 2 heterocycles. The van der Waals surface area contributed by atoms with Crippen LogP contribution in [0.1, 0.15) is 20.3 Å². The topological polar surface area (TPSA) is 65.0 Å². The van der Waals surface area contributed by atoms with Gasteiger partial charge >= 0.3 is 5.97 Å². The molecular formula is C18H21N3O2S. The van der Waals surface area contributed by atoms with Crippen molar-refractivity contribution in [2.45, 2.75) is 25.4 Å². The van der Waals surface area contributed by atoms with Gasteiger partial charge in [-0.3, -0.25) is 9.78 Å². The van der Waals surface area contributed by atoms with Crippen molar-refractivity contribution in [3.8, 4) is 11.4 Å². The molecule has 0 aliphatic carbocycles. The first kappa shape index (κ1) is 18.1. The highest BCUT2D eigenvalue weighted by Crippen LogP contribution is 2.23. The van der Waals surface area contributed by atoms with Crippen LogP contribution in [-0.2, 0) is 9.53 Å². The van der Waals surface area contributed by atoms with E-state index in [0.717, 1.165) is 17.8 Å². The summed E-state index contributed by atoms with van der Waals surface area (Å²) >= 11 is 1.25. The second-order valence-electron chi connectivity index (χ2n) is 5.60. The van der Waals surface area contributed by atoms with Gasteiger partial charge < -0.3 is 4.74 Å². The quantitative estimate of drug-likeness (QED) is 0.315. The predicted octanol–water partition coefficient (Wildman–Crippen LogP) is 3.78. The number of nitrogens with zero attached hydrogens (tertiary/aromatic N) is 3. The second kappa shape index (κ2) is 8.59. The maximum atomic E-state index is 11.9. The predicted molar refractivity (Wildman–Crippen MR) is 95.5 cm³/mol. The Morgan fingerprint density at radius 2 is 2.12 bits per heavy atom. The van der Waals surface area contributed by atoms with E-state index < -0.39 is 0 Å². The Bertz CT molecular complexity index is 694. The van der Waals surface area contributed by atoms with Crippen molar-refractivity contribution in [3.05, 3.63) is 49.3 Å². The fourth-order valence-corrected chi connectivity index (χ4v) is 2.41. The first-order valence-electron chi connectivity index (χ1n) is 7.73. The highest BCUT2D eigenvalue weighted by Gasteiger charge is 2.20. The molecule has 2 rings (SSSR count). The summed E-state index contributed by atoms with van der Waals surface area (Å²) in [6.45, 7) is 8.18. The van der Waals surface area contributed by atoms with Gasteiger partial charge in [0.05, 0.1) is 17.1 Å². The van der Waals surface area contributed by atoms with Crippen LogP contribution in [0.4, 0.5) is 0 Å². The van der Waals surface area contributed by atoms with Crippen molar-refractivity contribution in [1.29, 1.82) is 0 Å². The minimum atomic E-state index is -0.284. The molecule has 24 heavy (non-hydrogen) atoms. The van der Waals surface area contributed by atoms with Gasteiger partial charge in [-0.05, 0) is 24.6 Å². The van der Waals surface area contributed by atoms with Crippen LogP contribution in [0.2, 0.25) is 0 Å². The van der Waals surface area contributed by atoms with Gasteiger partial charge in [0.15, 0.2) is 5.16 Å². The smallest absolute Gasteiger partial charge is 0.316 e. The zero-order chi connectivity index (χ0) is 17.4. The number of esters is 1. The van der Waals surface area contributed by atoms with Gasteiger partial charge in [0.25, 0.3) is 0 Å². The van der Waals surface area contributed by atoms with Gasteiger partial charge in [-0.2, -0.15) is 0 Å². The molecule has 0 aliphatic heterocycles. The molecule has 0 radical (unpaired) electrons. The number of ether oxygens (including phenoxy) is 1. The minimum Gasteiger partial charge on any atom is -0.464 e. The summed E-state index contributed by atoms with van der Waals surface area (Å²) in [6.07, 6.45) is 6.07. The van der Waals surface area contributed by atoms with Gasteiger partial charge in [-0.1, -0.05) is 37.8 Å². The maximum absolute atomic E-state index is 11.9. The molecule has 6 heteroatoms. The highest BCUT2D eigenvalue weighted by atomic mass is 32.2. The molecule has 0 spiro atoms. The van der Waals surface area contributed by atoms with Gasteiger partial charge in [0, 0.05) is 17.8 Å². The summed E-state index contributed by atoms with van der Waals surface area (Å²) in [7, 11) is 0. The third-order valence-electron chi connectivity index (χ3n) is 3.74. The van der Waals surface area contributed by atoms with E-state index in [2.05, 4.69) is 21.5 Å². The average molecular weight is 343 g/mol. The van der Waals surface area contributed by atoms with E-state index in [-0.39, 0.29) is 17.1 Å². The molecule has 0 N–H and O–H groups in total. The lowest BCUT2D eigenvalue weighted by Crippen LogP contribution is -2.22. The Morgan fingerprint density at radius 1 is 1.29 bits per heavy atom. The van der Waals surface area contributed by atoms with Crippen molar-refractivity contribution in [2.24, 2.45) is 5.41 Å². The van der Waals surface area contributed by atoms with E-state index in [1.54, 1.807) is 18.5 Å². The lowest BCUT2D eigenvalue weighted by molar-refractivity contribution is -0.142. The van der Waals surface area contributed by atoms with Crippen molar-refractivity contribution >= 4 is 17.7 Å². The van der Waals surface area contributed by atoms with E-state index in [1.165, 1.54) is 11.8 Å². The van der Waals surface area contributed by atoms with Crippen LogP contribution in [0.5, 0.6) is 0 Å². The number of rotatable bonds is 8. The summed E-state index contributed by atoms with van der Waals surface area (Å²) in [5, 5.41) is 0.525.